The molecule has 2 heterocycles. The van der Waals surface area contributed by atoms with Gasteiger partial charge in [-0.05, 0) is 50.2 Å². The van der Waals surface area contributed by atoms with Crippen molar-refractivity contribution < 1.29 is 18.7 Å². The Hall–Kier alpha value is -3.85. The first-order chi connectivity index (χ1) is 15.4. The van der Waals surface area contributed by atoms with Gasteiger partial charge in [-0.1, -0.05) is 18.2 Å². The van der Waals surface area contributed by atoms with Crippen LogP contribution in [0.3, 0.4) is 0 Å². The number of para-hydroxylation sites is 1. The van der Waals surface area contributed by atoms with Gasteiger partial charge in [0, 0.05) is 10.9 Å². The summed E-state index contributed by atoms with van der Waals surface area (Å²) in [6, 6.07) is 15.3. The number of rotatable bonds is 6. The number of carbonyl (C=O) groups excluding carboxylic acids is 2. The van der Waals surface area contributed by atoms with Gasteiger partial charge in [0.05, 0.1) is 22.8 Å². The fourth-order valence-corrected chi connectivity index (χ4v) is 3.94. The zero-order valence-corrected chi connectivity index (χ0v) is 18.1. The zero-order valence-electron chi connectivity index (χ0n) is 17.3. The molecule has 0 radical (unpaired) electrons. The molecule has 162 valence electrons. The molecule has 0 aliphatic heterocycles. The molecule has 0 bridgehead atoms. The number of benzene rings is 2. The van der Waals surface area contributed by atoms with E-state index >= 15 is 0 Å². The third kappa shape index (κ3) is 4.57. The van der Waals surface area contributed by atoms with E-state index in [-0.39, 0.29) is 5.82 Å². The molecule has 0 spiro atoms. The quantitative estimate of drug-likeness (QED) is 0.436. The molecule has 0 saturated heterocycles. The number of amides is 1. The zero-order chi connectivity index (χ0) is 22.7. The smallest absolute Gasteiger partial charge is 0.342 e. The number of halogens is 1. The van der Waals surface area contributed by atoms with E-state index in [4.69, 9.17) is 4.74 Å². The van der Waals surface area contributed by atoms with Crippen LogP contribution in [0.4, 0.5) is 9.52 Å². The SMILES string of the molecule is Cc1nn(-c2ccccc2)c(C)c1C(=O)OCC(=O)Nc1nc(-c2ccc(F)cc2)cs1. The average molecular weight is 450 g/mol. The van der Waals surface area contributed by atoms with Crippen molar-refractivity contribution >= 4 is 28.3 Å². The first-order valence-electron chi connectivity index (χ1n) is 9.72. The molecule has 0 atom stereocenters. The largest absolute Gasteiger partial charge is 0.452 e. The lowest BCUT2D eigenvalue weighted by molar-refractivity contribution is -0.119. The van der Waals surface area contributed by atoms with Crippen molar-refractivity contribution in [2.45, 2.75) is 13.8 Å². The second kappa shape index (κ2) is 9.11. The van der Waals surface area contributed by atoms with Crippen molar-refractivity contribution in [2.75, 3.05) is 11.9 Å². The lowest BCUT2D eigenvalue weighted by Gasteiger charge is -2.06. The average Bonchev–Trinajstić information content (AvgIpc) is 3.37. The molecule has 4 rings (SSSR count). The minimum absolute atomic E-state index is 0.328. The predicted octanol–water partition coefficient (Wildman–Crippen LogP) is 4.55. The Morgan fingerprint density at radius 2 is 1.81 bits per heavy atom. The topological polar surface area (TPSA) is 86.1 Å². The summed E-state index contributed by atoms with van der Waals surface area (Å²) in [4.78, 5) is 29.2. The molecule has 9 heteroatoms. The van der Waals surface area contributed by atoms with Crippen LogP contribution in [0, 0.1) is 19.7 Å². The molecule has 0 fully saturated rings. The standard InChI is InChI=1S/C23H19FN4O3S/c1-14-21(15(2)28(27-14)18-6-4-3-5-7-18)22(30)31-12-20(29)26-23-25-19(13-32-23)16-8-10-17(24)11-9-16/h3-11,13H,12H2,1-2H3,(H,25,26,29). The highest BCUT2D eigenvalue weighted by Gasteiger charge is 2.21. The van der Waals surface area contributed by atoms with E-state index in [1.807, 2.05) is 30.3 Å². The second-order valence-electron chi connectivity index (χ2n) is 6.96. The lowest BCUT2D eigenvalue weighted by Crippen LogP contribution is -2.21. The summed E-state index contributed by atoms with van der Waals surface area (Å²) in [6.45, 7) is 3.03. The highest BCUT2D eigenvalue weighted by molar-refractivity contribution is 7.14. The Bertz CT molecular complexity index is 1270. The van der Waals surface area contributed by atoms with Crippen molar-refractivity contribution in [2.24, 2.45) is 0 Å². The first-order valence-corrected chi connectivity index (χ1v) is 10.6. The minimum atomic E-state index is -0.622. The summed E-state index contributed by atoms with van der Waals surface area (Å²) < 4.78 is 19.9. The van der Waals surface area contributed by atoms with Gasteiger partial charge in [0.1, 0.15) is 11.4 Å². The molecule has 4 aromatic rings. The molecule has 2 aromatic carbocycles. The number of esters is 1. The molecule has 0 aliphatic carbocycles. The molecule has 32 heavy (non-hydrogen) atoms. The maximum Gasteiger partial charge on any atom is 0.342 e. The van der Waals surface area contributed by atoms with Gasteiger partial charge in [-0.2, -0.15) is 5.10 Å². The summed E-state index contributed by atoms with van der Waals surface area (Å²) in [6.07, 6.45) is 0. The molecule has 0 saturated carbocycles. The number of ether oxygens (including phenoxy) is 1. The number of nitrogens with zero attached hydrogens (tertiary/aromatic N) is 3. The number of anilines is 1. The lowest BCUT2D eigenvalue weighted by atomic mass is 10.2. The molecule has 0 aliphatic rings. The Kier molecular flexibility index (Phi) is 6.09. The molecule has 0 unspecified atom stereocenters. The van der Waals surface area contributed by atoms with E-state index in [2.05, 4.69) is 15.4 Å². The van der Waals surface area contributed by atoms with Gasteiger partial charge >= 0.3 is 5.97 Å². The third-order valence-corrected chi connectivity index (χ3v) is 5.48. The molecular weight excluding hydrogens is 431 g/mol. The molecule has 2 aromatic heterocycles. The normalized spacial score (nSPS) is 10.7. The highest BCUT2D eigenvalue weighted by atomic mass is 32.1. The van der Waals surface area contributed by atoms with E-state index in [1.165, 1.54) is 23.5 Å². The summed E-state index contributed by atoms with van der Waals surface area (Å²) >= 11 is 1.22. The molecule has 1 amide bonds. The monoisotopic (exact) mass is 450 g/mol. The van der Waals surface area contributed by atoms with Gasteiger partial charge < -0.3 is 4.74 Å². The van der Waals surface area contributed by atoms with E-state index < -0.39 is 18.5 Å². The van der Waals surface area contributed by atoms with Crippen LogP contribution in [0.5, 0.6) is 0 Å². The van der Waals surface area contributed by atoms with Crippen LogP contribution >= 0.6 is 11.3 Å². The summed E-state index contributed by atoms with van der Waals surface area (Å²) in [5, 5.41) is 9.13. The third-order valence-electron chi connectivity index (χ3n) is 4.72. The summed E-state index contributed by atoms with van der Waals surface area (Å²) in [5.41, 5.74) is 3.64. The molecule has 7 nitrogen and oxygen atoms in total. The van der Waals surface area contributed by atoms with Crippen LogP contribution in [-0.2, 0) is 9.53 Å². The van der Waals surface area contributed by atoms with E-state index in [1.54, 1.807) is 36.0 Å². The Balaban J connectivity index is 1.38. The number of hydrogen-bond acceptors (Lipinski definition) is 6. The van der Waals surface area contributed by atoms with Crippen molar-refractivity contribution in [1.82, 2.24) is 14.8 Å². The maximum absolute atomic E-state index is 13.1. The fraction of sp³-hybridized carbons (Fsp3) is 0.130. The van der Waals surface area contributed by atoms with Crippen LogP contribution in [0.25, 0.3) is 16.9 Å². The summed E-state index contributed by atoms with van der Waals surface area (Å²) in [5.74, 6) is -1.47. The number of hydrogen-bond donors (Lipinski definition) is 1. The van der Waals surface area contributed by atoms with Crippen molar-refractivity contribution in [1.29, 1.82) is 0 Å². The van der Waals surface area contributed by atoms with Crippen LogP contribution in [0.1, 0.15) is 21.7 Å². The van der Waals surface area contributed by atoms with Gasteiger partial charge in [0.2, 0.25) is 0 Å². The number of aryl methyl sites for hydroxylation is 1. The fourth-order valence-electron chi connectivity index (χ4n) is 3.20. The van der Waals surface area contributed by atoms with Gasteiger partial charge in [-0.15, -0.1) is 11.3 Å². The van der Waals surface area contributed by atoms with Crippen molar-refractivity contribution in [3.8, 4) is 16.9 Å². The van der Waals surface area contributed by atoms with Crippen LogP contribution in [0.2, 0.25) is 0 Å². The number of carbonyl (C=O) groups is 2. The Labute approximate surface area is 187 Å². The maximum atomic E-state index is 13.1. The number of nitrogens with one attached hydrogen (secondary N) is 1. The van der Waals surface area contributed by atoms with E-state index in [9.17, 15) is 14.0 Å². The first kappa shape index (κ1) is 21.4. The Morgan fingerprint density at radius 1 is 1.09 bits per heavy atom. The van der Waals surface area contributed by atoms with Gasteiger partial charge in [-0.3, -0.25) is 10.1 Å². The van der Waals surface area contributed by atoms with Crippen LogP contribution in [0.15, 0.2) is 60.0 Å². The number of thiazole rings is 1. The minimum Gasteiger partial charge on any atom is -0.452 e. The van der Waals surface area contributed by atoms with E-state index in [0.29, 0.717) is 27.8 Å². The van der Waals surface area contributed by atoms with Crippen LogP contribution < -0.4 is 5.32 Å². The highest BCUT2D eigenvalue weighted by Crippen LogP contribution is 2.25. The molecular formula is C23H19FN4O3S. The molecule has 1 N–H and O–H groups in total. The van der Waals surface area contributed by atoms with Gasteiger partial charge in [-0.25, -0.2) is 18.9 Å². The predicted molar refractivity (Wildman–Crippen MR) is 119 cm³/mol. The van der Waals surface area contributed by atoms with Gasteiger partial charge in [0.25, 0.3) is 5.91 Å². The summed E-state index contributed by atoms with van der Waals surface area (Å²) in [7, 11) is 0. The van der Waals surface area contributed by atoms with Gasteiger partial charge in [0.15, 0.2) is 11.7 Å². The number of aromatic nitrogens is 3. The van der Waals surface area contributed by atoms with Crippen molar-refractivity contribution in [3.63, 3.8) is 0 Å². The van der Waals surface area contributed by atoms with Crippen molar-refractivity contribution in [3.05, 3.63) is 82.7 Å². The van der Waals surface area contributed by atoms with E-state index in [0.717, 1.165) is 11.3 Å². The van der Waals surface area contributed by atoms with Crippen LogP contribution in [-0.4, -0.2) is 33.2 Å². The second-order valence-corrected chi connectivity index (χ2v) is 7.82. The Morgan fingerprint density at radius 3 is 2.53 bits per heavy atom.